The van der Waals surface area contributed by atoms with Gasteiger partial charge in [-0.15, -0.1) is 0 Å². The number of nitrogens with one attached hydrogen (secondary N) is 2. The van der Waals surface area contributed by atoms with Gasteiger partial charge in [0.25, 0.3) is 0 Å². The summed E-state index contributed by atoms with van der Waals surface area (Å²) in [6, 6.07) is 8.02. The van der Waals surface area contributed by atoms with Crippen LogP contribution in [0.3, 0.4) is 0 Å². The lowest BCUT2D eigenvalue weighted by Gasteiger charge is -2.38. The minimum absolute atomic E-state index is 0.0595. The molecule has 3 N–H and O–H groups in total. The highest BCUT2D eigenvalue weighted by atomic mass is 16.3. The predicted molar refractivity (Wildman–Crippen MR) is 94.5 cm³/mol. The van der Waals surface area contributed by atoms with Crippen molar-refractivity contribution in [2.24, 2.45) is 5.92 Å². The lowest BCUT2D eigenvalue weighted by molar-refractivity contribution is -0.139. The van der Waals surface area contributed by atoms with Crippen molar-refractivity contribution in [3.8, 4) is 5.75 Å². The van der Waals surface area contributed by atoms with E-state index >= 15 is 0 Å². The van der Waals surface area contributed by atoms with Gasteiger partial charge in [-0.3, -0.25) is 15.6 Å². The van der Waals surface area contributed by atoms with E-state index in [1.54, 1.807) is 12.1 Å². The topological polar surface area (TPSA) is 64.6 Å². The van der Waals surface area contributed by atoms with Crippen molar-refractivity contribution < 1.29 is 9.90 Å². The summed E-state index contributed by atoms with van der Waals surface area (Å²) >= 11 is 0. The maximum absolute atomic E-state index is 13.0. The number of likely N-dealkylation sites (tertiary alicyclic amines) is 1. The quantitative estimate of drug-likeness (QED) is 0.774. The lowest BCUT2D eigenvalue weighted by Crippen LogP contribution is -2.49. The van der Waals surface area contributed by atoms with Gasteiger partial charge in [-0.05, 0) is 56.2 Å². The molecule has 3 rings (SSSR count). The maximum Gasteiger partial charge on any atom is 0.228 e. The molecule has 2 fully saturated rings. The van der Waals surface area contributed by atoms with Crippen LogP contribution < -0.4 is 10.9 Å². The number of nitrogens with zero attached hydrogens (tertiary/aromatic N) is 1. The number of hydrazine groups is 1. The number of amides is 1. The predicted octanol–water partition coefficient (Wildman–Crippen LogP) is 2.21. The van der Waals surface area contributed by atoms with E-state index in [-0.39, 0.29) is 12.0 Å². The SMILES string of the molecule is CCC1NNCC1C(=O)N1CCCCC1CCc1ccc(O)cc1. The second-order valence-electron chi connectivity index (χ2n) is 7.03. The number of piperidine rings is 1. The summed E-state index contributed by atoms with van der Waals surface area (Å²) in [5.74, 6) is 0.680. The van der Waals surface area contributed by atoms with Gasteiger partial charge in [-0.2, -0.15) is 0 Å². The first-order valence-corrected chi connectivity index (χ1v) is 9.26. The molecule has 0 aliphatic carbocycles. The van der Waals surface area contributed by atoms with Crippen molar-refractivity contribution >= 4 is 5.91 Å². The maximum atomic E-state index is 13.0. The number of carbonyl (C=O) groups excluding carboxylic acids is 1. The summed E-state index contributed by atoms with van der Waals surface area (Å²) in [5.41, 5.74) is 7.61. The van der Waals surface area contributed by atoms with Crippen LogP contribution in [0.5, 0.6) is 5.75 Å². The first-order chi connectivity index (χ1) is 11.7. The Morgan fingerprint density at radius 2 is 2.08 bits per heavy atom. The highest BCUT2D eigenvalue weighted by Gasteiger charge is 2.37. The van der Waals surface area contributed by atoms with Crippen LogP contribution in [0.15, 0.2) is 24.3 Å². The molecule has 3 atom stereocenters. The number of aromatic hydroxyl groups is 1. The van der Waals surface area contributed by atoms with E-state index in [0.29, 0.717) is 17.7 Å². The van der Waals surface area contributed by atoms with Gasteiger partial charge in [0, 0.05) is 25.2 Å². The van der Waals surface area contributed by atoms with Crippen LogP contribution in [0.2, 0.25) is 0 Å². The Morgan fingerprint density at radius 1 is 1.29 bits per heavy atom. The van der Waals surface area contributed by atoms with Crippen LogP contribution in [0.4, 0.5) is 0 Å². The van der Waals surface area contributed by atoms with Gasteiger partial charge in [0.05, 0.1) is 5.92 Å². The monoisotopic (exact) mass is 331 g/mol. The van der Waals surface area contributed by atoms with Gasteiger partial charge < -0.3 is 10.0 Å². The van der Waals surface area contributed by atoms with Gasteiger partial charge in [-0.25, -0.2) is 0 Å². The van der Waals surface area contributed by atoms with Crippen LogP contribution in [0, 0.1) is 5.92 Å². The molecule has 2 heterocycles. The van der Waals surface area contributed by atoms with E-state index in [9.17, 15) is 9.90 Å². The summed E-state index contributed by atoms with van der Waals surface area (Å²) in [7, 11) is 0. The Labute approximate surface area is 144 Å². The minimum atomic E-state index is 0.0595. The standard InChI is InChI=1S/C19H29N3O2/c1-2-18-17(13-20-21-18)19(24)22-12-4-3-5-15(22)9-6-14-7-10-16(23)11-8-14/h7-8,10-11,15,17-18,20-21,23H,2-6,9,12-13H2,1H3. The first-order valence-electron chi connectivity index (χ1n) is 9.26. The van der Waals surface area contributed by atoms with Gasteiger partial charge in [0.15, 0.2) is 0 Å². The van der Waals surface area contributed by atoms with Crippen LogP contribution in [-0.4, -0.2) is 41.1 Å². The number of hydrogen-bond acceptors (Lipinski definition) is 4. The van der Waals surface area contributed by atoms with Crippen molar-refractivity contribution in [3.63, 3.8) is 0 Å². The van der Waals surface area contributed by atoms with Crippen LogP contribution >= 0.6 is 0 Å². The van der Waals surface area contributed by atoms with Crippen molar-refractivity contribution in [3.05, 3.63) is 29.8 Å². The molecule has 0 radical (unpaired) electrons. The molecule has 0 spiro atoms. The highest BCUT2D eigenvalue weighted by molar-refractivity contribution is 5.80. The molecule has 1 aromatic rings. The summed E-state index contributed by atoms with van der Waals surface area (Å²) in [6.45, 7) is 3.76. The fourth-order valence-corrected chi connectivity index (χ4v) is 3.99. The molecule has 24 heavy (non-hydrogen) atoms. The van der Waals surface area contributed by atoms with E-state index in [0.717, 1.165) is 45.2 Å². The number of hydrogen-bond donors (Lipinski definition) is 3. The van der Waals surface area contributed by atoms with Gasteiger partial charge in [0.2, 0.25) is 5.91 Å². The van der Waals surface area contributed by atoms with Gasteiger partial charge in [-0.1, -0.05) is 19.1 Å². The largest absolute Gasteiger partial charge is 0.508 e. The molecule has 2 aliphatic rings. The Morgan fingerprint density at radius 3 is 2.83 bits per heavy atom. The average molecular weight is 331 g/mol. The van der Waals surface area contributed by atoms with Gasteiger partial charge >= 0.3 is 0 Å². The average Bonchev–Trinajstić information content (AvgIpc) is 3.09. The fraction of sp³-hybridized carbons (Fsp3) is 0.632. The number of carbonyl (C=O) groups is 1. The summed E-state index contributed by atoms with van der Waals surface area (Å²) < 4.78 is 0. The molecule has 3 unspecified atom stereocenters. The molecule has 0 aromatic heterocycles. The third kappa shape index (κ3) is 3.90. The zero-order chi connectivity index (χ0) is 16.9. The summed E-state index contributed by atoms with van der Waals surface area (Å²) in [6.07, 6.45) is 6.35. The van der Waals surface area contributed by atoms with Crippen molar-refractivity contribution in [2.75, 3.05) is 13.1 Å². The molecule has 0 bridgehead atoms. The molecule has 1 aromatic carbocycles. The lowest BCUT2D eigenvalue weighted by atomic mass is 9.92. The zero-order valence-corrected chi connectivity index (χ0v) is 14.5. The second-order valence-corrected chi connectivity index (χ2v) is 7.03. The van der Waals surface area contributed by atoms with E-state index in [2.05, 4.69) is 22.7 Å². The summed E-state index contributed by atoms with van der Waals surface area (Å²) in [4.78, 5) is 15.2. The fourth-order valence-electron chi connectivity index (χ4n) is 3.99. The van der Waals surface area contributed by atoms with E-state index in [1.807, 2.05) is 12.1 Å². The van der Waals surface area contributed by atoms with Crippen molar-refractivity contribution in [1.29, 1.82) is 0 Å². The Balaban J connectivity index is 1.62. The number of benzene rings is 1. The Bertz CT molecular complexity index is 546. The highest BCUT2D eigenvalue weighted by Crippen LogP contribution is 2.25. The molecule has 132 valence electrons. The number of aryl methyl sites for hydroxylation is 1. The molecule has 0 saturated carbocycles. The van der Waals surface area contributed by atoms with E-state index in [1.165, 1.54) is 12.0 Å². The molecule has 2 aliphatic heterocycles. The number of phenolic OH excluding ortho intramolecular Hbond substituents is 1. The van der Waals surface area contributed by atoms with Crippen molar-refractivity contribution in [1.82, 2.24) is 15.8 Å². The Hall–Kier alpha value is -1.59. The van der Waals surface area contributed by atoms with E-state index < -0.39 is 0 Å². The third-order valence-corrected chi connectivity index (χ3v) is 5.46. The molecule has 1 amide bonds. The second kappa shape index (κ2) is 7.99. The zero-order valence-electron chi connectivity index (χ0n) is 14.5. The molecular formula is C19H29N3O2. The molecule has 2 saturated heterocycles. The van der Waals surface area contributed by atoms with Crippen LogP contribution in [0.25, 0.3) is 0 Å². The van der Waals surface area contributed by atoms with Crippen LogP contribution in [0.1, 0.15) is 44.6 Å². The van der Waals surface area contributed by atoms with E-state index in [4.69, 9.17) is 0 Å². The Kier molecular flexibility index (Phi) is 5.74. The third-order valence-electron chi connectivity index (χ3n) is 5.46. The van der Waals surface area contributed by atoms with Crippen molar-refractivity contribution in [2.45, 2.75) is 57.5 Å². The normalized spacial score (nSPS) is 27.4. The summed E-state index contributed by atoms with van der Waals surface area (Å²) in [5, 5.41) is 9.39. The molecular weight excluding hydrogens is 302 g/mol. The minimum Gasteiger partial charge on any atom is -0.508 e. The smallest absolute Gasteiger partial charge is 0.228 e. The molecule has 5 heteroatoms. The van der Waals surface area contributed by atoms with Crippen LogP contribution in [-0.2, 0) is 11.2 Å². The number of phenols is 1. The van der Waals surface area contributed by atoms with Gasteiger partial charge in [0.1, 0.15) is 5.75 Å². The first kappa shape index (κ1) is 17.2. The number of rotatable bonds is 5. The molecule has 5 nitrogen and oxygen atoms in total.